The fourth-order valence-corrected chi connectivity index (χ4v) is 3.08. The van der Waals surface area contributed by atoms with Crippen LogP contribution in [0.1, 0.15) is 24.0 Å². The molecule has 2 heterocycles. The highest BCUT2D eigenvalue weighted by atomic mass is 16.5. The van der Waals surface area contributed by atoms with Crippen molar-refractivity contribution in [3.8, 4) is 23.0 Å². The van der Waals surface area contributed by atoms with Crippen LogP contribution in [-0.2, 0) is 22.4 Å². The van der Waals surface area contributed by atoms with Crippen LogP contribution in [0.4, 0.5) is 0 Å². The van der Waals surface area contributed by atoms with Crippen LogP contribution in [-0.4, -0.2) is 27.1 Å². The minimum absolute atomic E-state index is 0.0649. The molecule has 2 aliphatic rings. The first-order valence-corrected chi connectivity index (χ1v) is 8.92. The number of allylic oxidation sites excluding steroid dienone is 2. The number of methoxy groups -OCH3 is 3. The predicted molar refractivity (Wildman–Crippen MR) is 103 cm³/mol. The van der Waals surface area contributed by atoms with Gasteiger partial charge in [0.15, 0.2) is 17.3 Å². The van der Waals surface area contributed by atoms with Gasteiger partial charge >= 0.3 is 0 Å². The van der Waals surface area contributed by atoms with E-state index < -0.39 is 0 Å². The molecule has 142 valence electrons. The maximum Gasteiger partial charge on any atom is 0.203 e. The Labute approximate surface area is 159 Å². The van der Waals surface area contributed by atoms with Gasteiger partial charge in [-0.25, -0.2) is 0 Å². The Bertz CT molecular complexity index is 837. The lowest BCUT2D eigenvalue weighted by Gasteiger charge is -2.16. The van der Waals surface area contributed by atoms with Gasteiger partial charge in [0, 0.05) is 18.9 Å². The maximum absolute atomic E-state index is 12.2. The topological polar surface area (TPSA) is 54.0 Å². The second kappa shape index (κ2) is 8.62. The Morgan fingerprint density at radius 1 is 0.815 bits per heavy atom. The van der Waals surface area contributed by atoms with Gasteiger partial charge in [-0.3, -0.25) is 4.79 Å². The van der Waals surface area contributed by atoms with E-state index >= 15 is 0 Å². The average Bonchev–Trinajstić information content (AvgIpc) is 2.70. The molecule has 0 amide bonds. The molecule has 2 aromatic rings. The van der Waals surface area contributed by atoms with Crippen molar-refractivity contribution >= 4 is 5.78 Å². The summed E-state index contributed by atoms with van der Waals surface area (Å²) in [5.41, 5.74) is 2.08. The van der Waals surface area contributed by atoms with Crippen molar-refractivity contribution in [1.29, 1.82) is 0 Å². The standard InChI is InChI=1S/C22H24O5/c1-24-19-11-7-16-12-20(25-2)22(26-3)21(13-16)27-18-9-5-15(6-10-18)4-8-17(23)14-19/h5-6,9-10,12-14H,4,7-8,11H2,1-3H3/b19-14-. The zero-order valence-electron chi connectivity index (χ0n) is 15.9. The lowest BCUT2D eigenvalue weighted by atomic mass is 10.1. The van der Waals surface area contributed by atoms with E-state index in [0.717, 1.165) is 11.1 Å². The van der Waals surface area contributed by atoms with Crippen LogP contribution in [0.15, 0.2) is 48.2 Å². The van der Waals surface area contributed by atoms with Crippen LogP contribution in [0.3, 0.4) is 0 Å². The monoisotopic (exact) mass is 368 g/mol. The fourth-order valence-electron chi connectivity index (χ4n) is 3.08. The number of aryl methyl sites for hydroxylation is 2. The normalized spacial score (nSPS) is 16.4. The highest BCUT2D eigenvalue weighted by Gasteiger charge is 2.16. The van der Waals surface area contributed by atoms with Crippen LogP contribution in [0.5, 0.6) is 23.0 Å². The Kier molecular flexibility index (Phi) is 6.01. The van der Waals surface area contributed by atoms with E-state index in [1.54, 1.807) is 27.4 Å². The van der Waals surface area contributed by atoms with E-state index in [-0.39, 0.29) is 5.78 Å². The summed E-state index contributed by atoms with van der Waals surface area (Å²) < 4.78 is 22.4. The van der Waals surface area contributed by atoms with Crippen LogP contribution in [0, 0.1) is 0 Å². The van der Waals surface area contributed by atoms with E-state index in [4.69, 9.17) is 18.9 Å². The smallest absolute Gasteiger partial charge is 0.203 e. The van der Waals surface area contributed by atoms with Gasteiger partial charge < -0.3 is 18.9 Å². The van der Waals surface area contributed by atoms with Gasteiger partial charge in [-0.2, -0.15) is 0 Å². The molecular formula is C22H24O5. The van der Waals surface area contributed by atoms with Gasteiger partial charge in [0.1, 0.15) is 5.75 Å². The third-order valence-corrected chi connectivity index (χ3v) is 4.56. The summed E-state index contributed by atoms with van der Waals surface area (Å²) in [6, 6.07) is 11.6. The van der Waals surface area contributed by atoms with Gasteiger partial charge in [-0.1, -0.05) is 12.1 Å². The number of carbonyl (C=O) groups is 1. The van der Waals surface area contributed by atoms with Gasteiger partial charge in [-0.05, 0) is 48.2 Å². The first-order chi connectivity index (χ1) is 13.1. The molecular weight excluding hydrogens is 344 g/mol. The molecule has 0 N–H and O–H groups in total. The van der Waals surface area contributed by atoms with Gasteiger partial charge in [-0.15, -0.1) is 0 Å². The summed E-state index contributed by atoms with van der Waals surface area (Å²) in [6.45, 7) is 0. The number of carbonyl (C=O) groups excluding carboxylic acids is 1. The quantitative estimate of drug-likeness (QED) is 0.800. The molecule has 0 aliphatic carbocycles. The van der Waals surface area contributed by atoms with Gasteiger partial charge in [0.05, 0.1) is 27.1 Å². The second-order valence-electron chi connectivity index (χ2n) is 6.36. The summed E-state index contributed by atoms with van der Waals surface area (Å²) in [7, 11) is 4.78. The summed E-state index contributed by atoms with van der Waals surface area (Å²) in [5.74, 6) is 3.18. The number of benzene rings is 2. The van der Waals surface area contributed by atoms with Crippen LogP contribution >= 0.6 is 0 Å². The molecule has 0 spiro atoms. The Hall–Kier alpha value is -2.95. The molecule has 0 unspecified atom stereocenters. The third kappa shape index (κ3) is 4.61. The van der Waals surface area contributed by atoms with E-state index in [0.29, 0.717) is 54.4 Å². The molecule has 2 aliphatic heterocycles. The molecule has 0 radical (unpaired) electrons. The predicted octanol–water partition coefficient (Wildman–Crippen LogP) is 4.47. The summed E-state index contributed by atoms with van der Waals surface area (Å²) in [5, 5.41) is 0. The average molecular weight is 368 g/mol. The van der Waals surface area contributed by atoms with Gasteiger partial charge in [0.2, 0.25) is 5.75 Å². The first-order valence-electron chi connectivity index (χ1n) is 8.92. The molecule has 4 rings (SSSR count). The van der Waals surface area contributed by atoms with Gasteiger partial charge in [0.25, 0.3) is 0 Å². The summed E-state index contributed by atoms with van der Waals surface area (Å²) in [6.07, 6.45) is 4.02. The summed E-state index contributed by atoms with van der Waals surface area (Å²) >= 11 is 0. The number of rotatable bonds is 3. The first kappa shape index (κ1) is 18.8. The van der Waals surface area contributed by atoms with Crippen molar-refractivity contribution in [3.05, 3.63) is 59.4 Å². The van der Waals surface area contributed by atoms with Crippen molar-refractivity contribution in [1.82, 2.24) is 0 Å². The Balaban J connectivity index is 2.05. The number of hydrogen-bond acceptors (Lipinski definition) is 5. The maximum atomic E-state index is 12.2. The summed E-state index contributed by atoms with van der Waals surface area (Å²) in [4.78, 5) is 12.2. The van der Waals surface area contributed by atoms with E-state index in [1.807, 2.05) is 36.4 Å². The molecule has 0 fully saturated rings. The minimum atomic E-state index is 0.0649. The van der Waals surface area contributed by atoms with Crippen molar-refractivity contribution in [2.45, 2.75) is 25.7 Å². The number of ketones is 1. The Morgan fingerprint density at radius 3 is 2.22 bits per heavy atom. The van der Waals surface area contributed by atoms with Crippen molar-refractivity contribution in [2.24, 2.45) is 0 Å². The molecule has 27 heavy (non-hydrogen) atoms. The van der Waals surface area contributed by atoms with E-state index in [1.165, 1.54) is 0 Å². The molecule has 2 aromatic carbocycles. The zero-order valence-corrected chi connectivity index (χ0v) is 15.9. The van der Waals surface area contributed by atoms with E-state index in [2.05, 4.69) is 0 Å². The number of fused-ring (bicyclic) bond motifs is 7. The lowest BCUT2D eigenvalue weighted by Crippen LogP contribution is -2.01. The zero-order chi connectivity index (χ0) is 19.2. The molecule has 0 atom stereocenters. The van der Waals surface area contributed by atoms with Crippen molar-refractivity contribution in [2.75, 3.05) is 21.3 Å². The number of ether oxygens (including phenoxy) is 4. The Morgan fingerprint density at radius 2 is 1.56 bits per heavy atom. The minimum Gasteiger partial charge on any atom is -0.501 e. The second-order valence-corrected chi connectivity index (χ2v) is 6.36. The largest absolute Gasteiger partial charge is 0.501 e. The molecule has 0 aromatic heterocycles. The highest BCUT2D eigenvalue weighted by molar-refractivity contribution is 5.90. The fraction of sp³-hybridized carbons (Fsp3) is 0.318. The molecule has 0 saturated heterocycles. The molecule has 5 heteroatoms. The molecule has 0 saturated carbocycles. The number of hydrogen-bond donors (Lipinski definition) is 0. The van der Waals surface area contributed by atoms with Crippen LogP contribution < -0.4 is 14.2 Å². The van der Waals surface area contributed by atoms with Crippen molar-refractivity contribution in [3.63, 3.8) is 0 Å². The van der Waals surface area contributed by atoms with Crippen LogP contribution in [0.2, 0.25) is 0 Å². The third-order valence-electron chi connectivity index (χ3n) is 4.56. The lowest BCUT2D eigenvalue weighted by molar-refractivity contribution is -0.114. The SMILES string of the molecule is CO/C1=C\C(=O)CCc2ccc(cc2)Oc2cc(cc(OC)c2OC)CC1. The molecule has 4 bridgehead atoms. The van der Waals surface area contributed by atoms with E-state index in [9.17, 15) is 4.79 Å². The van der Waals surface area contributed by atoms with Crippen molar-refractivity contribution < 1.29 is 23.7 Å². The van der Waals surface area contributed by atoms with Crippen LogP contribution in [0.25, 0.3) is 0 Å². The molecule has 5 nitrogen and oxygen atoms in total. The highest BCUT2D eigenvalue weighted by Crippen LogP contribution is 2.41.